The molecule has 12 nitrogen and oxygen atoms in total. The third-order valence-electron chi connectivity index (χ3n) is 10.5. The minimum absolute atomic E-state index is 0.0198. The van der Waals surface area contributed by atoms with Crippen LogP contribution in [0, 0.1) is 11.8 Å². The number of aliphatic hydroxyl groups excluding tert-OH is 1. The zero-order valence-corrected chi connectivity index (χ0v) is 35.8. The molecule has 3 aromatic rings. The Hall–Kier alpha value is -4.62. The van der Waals surface area contributed by atoms with Crippen LogP contribution in [-0.2, 0) is 40.7 Å². The molecule has 1 aliphatic rings. The predicted octanol–water partition coefficient (Wildman–Crippen LogP) is 7.26. The Bertz CT molecular complexity index is 1840. The summed E-state index contributed by atoms with van der Waals surface area (Å²) in [7, 11) is 0. The Labute approximate surface area is 350 Å². The molecule has 4 amide bonds. The SMILES string of the molecule is CCCC[C@](C(=O)N[C@@H](CC(C)C)[C@@H](O)C=C(CCOC1CCCCO1)C(=O)NCC(C)C)(c1cccc2ccccc12)N(C(=O)OCc1ccccc1)C(=O)[C@H](C)N. The topological polar surface area (TPSA) is 170 Å². The Morgan fingerprint density at radius 1 is 0.966 bits per heavy atom. The standard InChI is InChI=1S/C47H66N4O8/c1-7-8-25-47(39-22-16-20-36-19-12-13-21-38(36)39,51(44(54)34(6)48)46(56)59-31-35-17-10-9-11-18-35)45(55)50-40(28-32(2)3)41(52)29-37(43(53)49-30-33(4)5)24-27-58-42-23-14-15-26-57-42/h9-13,16-22,29,32-34,40-42,52H,7-8,14-15,23-28,30-31,48H2,1-6H3,(H,49,53)(H,50,55)/t34-,40-,41-,42?,47+/m0/s1. The lowest BCUT2D eigenvalue weighted by atomic mass is 9.79. The minimum atomic E-state index is -1.97. The van der Waals surface area contributed by atoms with Crippen LogP contribution in [0.4, 0.5) is 4.79 Å². The quantitative estimate of drug-likeness (QED) is 0.0809. The molecule has 5 atom stereocenters. The molecule has 0 bridgehead atoms. The number of hydrogen-bond donors (Lipinski definition) is 4. The predicted molar refractivity (Wildman–Crippen MR) is 230 cm³/mol. The fourth-order valence-corrected chi connectivity index (χ4v) is 7.37. The highest BCUT2D eigenvalue weighted by atomic mass is 16.7. The van der Waals surface area contributed by atoms with Crippen molar-refractivity contribution in [1.29, 1.82) is 0 Å². The van der Waals surface area contributed by atoms with Gasteiger partial charge in [-0.25, -0.2) is 9.69 Å². The second-order valence-electron chi connectivity index (χ2n) is 16.4. The van der Waals surface area contributed by atoms with Crippen LogP contribution in [-0.4, -0.2) is 78.1 Å². The van der Waals surface area contributed by atoms with Gasteiger partial charge in [0.25, 0.3) is 5.91 Å². The second kappa shape index (κ2) is 23.2. The molecule has 0 aromatic heterocycles. The van der Waals surface area contributed by atoms with Gasteiger partial charge in [-0.1, -0.05) is 120 Å². The lowest BCUT2D eigenvalue weighted by Gasteiger charge is -2.43. The third kappa shape index (κ3) is 13.2. The minimum Gasteiger partial charge on any atom is -0.444 e. The Balaban J connectivity index is 1.84. The number of benzene rings is 3. The van der Waals surface area contributed by atoms with Crippen molar-refractivity contribution in [3.8, 4) is 0 Å². The largest absolute Gasteiger partial charge is 0.444 e. The van der Waals surface area contributed by atoms with E-state index in [0.717, 1.165) is 29.5 Å². The zero-order valence-electron chi connectivity index (χ0n) is 35.8. The van der Waals surface area contributed by atoms with E-state index in [1.54, 1.807) is 24.3 Å². The number of imide groups is 1. The zero-order chi connectivity index (χ0) is 43.0. The Kier molecular flexibility index (Phi) is 18.5. The molecule has 4 rings (SSSR count). The van der Waals surface area contributed by atoms with Gasteiger partial charge in [0, 0.05) is 25.1 Å². The number of ether oxygens (including phenoxy) is 3. The van der Waals surface area contributed by atoms with E-state index in [-0.39, 0.29) is 50.1 Å². The number of amides is 4. The molecule has 1 aliphatic heterocycles. The number of rotatable bonds is 21. The number of fused-ring (bicyclic) bond motifs is 1. The van der Waals surface area contributed by atoms with Crippen LogP contribution in [0.5, 0.6) is 0 Å². The molecule has 0 aliphatic carbocycles. The van der Waals surface area contributed by atoms with Crippen LogP contribution in [0.2, 0.25) is 0 Å². The summed E-state index contributed by atoms with van der Waals surface area (Å²) in [5.74, 6) is -1.66. The summed E-state index contributed by atoms with van der Waals surface area (Å²) < 4.78 is 17.6. The Morgan fingerprint density at radius 3 is 2.34 bits per heavy atom. The fourth-order valence-electron chi connectivity index (χ4n) is 7.37. The summed E-state index contributed by atoms with van der Waals surface area (Å²) in [4.78, 5) is 59.1. The molecule has 322 valence electrons. The molecule has 1 saturated heterocycles. The van der Waals surface area contributed by atoms with E-state index in [1.165, 1.54) is 13.0 Å². The second-order valence-corrected chi connectivity index (χ2v) is 16.4. The normalized spacial score (nSPS) is 17.2. The van der Waals surface area contributed by atoms with Gasteiger partial charge in [0.2, 0.25) is 11.8 Å². The maximum atomic E-state index is 15.6. The van der Waals surface area contributed by atoms with Gasteiger partial charge in [-0.05, 0) is 78.8 Å². The van der Waals surface area contributed by atoms with Crippen LogP contribution in [0.1, 0.15) is 104 Å². The van der Waals surface area contributed by atoms with Crippen molar-refractivity contribution in [1.82, 2.24) is 15.5 Å². The highest BCUT2D eigenvalue weighted by molar-refractivity contribution is 6.05. The molecule has 1 unspecified atom stereocenters. The highest BCUT2D eigenvalue weighted by Crippen LogP contribution is 2.40. The number of carbonyl (C=O) groups excluding carboxylic acids is 4. The number of nitrogens with one attached hydrogen (secondary N) is 2. The molecule has 3 aromatic carbocycles. The van der Waals surface area contributed by atoms with Gasteiger partial charge in [-0.3, -0.25) is 14.4 Å². The van der Waals surface area contributed by atoms with Crippen molar-refractivity contribution in [3.05, 3.63) is 95.6 Å². The molecule has 0 saturated carbocycles. The fraction of sp³-hybridized carbons (Fsp3) is 0.532. The molecular formula is C47H66N4O8. The summed E-state index contributed by atoms with van der Waals surface area (Å²) in [6.07, 6.45) is 3.10. The van der Waals surface area contributed by atoms with Crippen LogP contribution in [0.15, 0.2) is 84.4 Å². The Morgan fingerprint density at radius 2 is 1.68 bits per heavy atom. The maximum Gasteiger partial charge on any atom is 0.418 e. The van der Waals surface area contributed by atoms with Crippen molar-refractivity contribution in [2.75, 3.05) is 19.8 Å². The van der Waals surface area contributed by atoms with Gasteiger partial charge in [0.05, 0.1) is 24.8 Å². The summed E-state index contributed by atoms with van der Waals surface area (Å²) >= 11 is 0. The summed E-state index contributed by atoms with van der Waals surface area (Å²) in [5, 5.41) is 19.6. The smallest absolute Gasteiger partial charge is 0.418 e. The average Bonchev–Trinajstić information content (AvgIpc) is 3.22. The number of carbonyl (C=O) groups is 4. The first-order chi connectivity index (χ1) is 28.3. The molecule has 1 heterocycles. The van der Waals surface area contributed by atoms with Crippen molar-refractivity contribution < 1.29 is 38.5 Å². The van der Waals surface area contributed by atoms with Crippen molar-refractivity contribution in [2.24, 2.45) is 17.6 Å². The number of unbranched alkanes of at least 4 members (excludes halogenated alkanes) is 1. The van der Waals surface area contributed by atoms with Gasteiger partial charge in [0.1, 0.15) is 6.61 Å². The number of aliphatic hydroxyl groups is 1. The van der Waals surface area contributed by atoms with Crippen molar-refractivity contribution in [3.63, 3.8) is 0 Å². The van der Waals surface area contributed by atoms with E-state index in [9.17, 15) is 19.5 Å². The van der Waals surface area contributed by atoms with Crippen LogP contribution >= 0.6 is 0 Å². The summed E-state index contributed by atoms with van der Waals surface area (Å²) in [6.45, 7) is 12.4. The number of nitrogens with zero attached hydrogens (tertiary/aromatic N) is 1. The number of nitrogens with two attached hydrogens (primary N) is 1. The molecule has 1 fully saturated rings. The van der Waals surface area contributed by atoms with E-state index in [2.05, 4.69) is 10.6 Å². The van der Waals surface area contributed by atoms with Gasteiger partial charge in [0.15, 0.2) is 11.8 Å². The highest BCUT2D eigenvalue weighted by Gasteiger charge is 2.53. The molecule has 59 heavy (non-hydrogen) atoms. The molecular weight excluding hydrogens is 749 g/mol. The summed E-state index contributed by atoms with van der Waals surface area (Å²) in [5.41, 5.74) is 5.73. The van der Waals surface area contributed by atoms with Crippen LogP contribution < -0.4 is 16.4 Å². The maximum absolute atomic E-state index is 15.6. The third-order valence-corrected chi connectivity index (χ3v) is 10.5. The molecule has 5 N–H and O–H groups in total. The van der Waals surface area contributed by atoms with E-state index in [0.29, 0.717) is 54.5 Å². The summed E-state index contributed by atoms with van der Waals surface area (Å²) in [6, 6.07) is 19.9. The lowest BCUT2D eigenvalue weighted by molar-refractivity contribution is -0.162. The molecule has 12 heteroatoms. The van der Waals surface area contributed by atoms with E-state index < -0.39 is 41.6 Å². The van der Waals surface area contributed by atoms with Gasteiger partial charge in [-0.2, -0.15) is 0 Å². The van der Waals surface area contributed by atoms with Gasteiger partial charge in [-0.15, -0.1) is 0 Å². The van der Waals surface area contributed by atoms with Crippen LogP contribution in [0.3, 0.4) is 0 Å². The number of hydrogen-bond acceptors (Lipinski definition) is 9. The van der Waals surface area contributed by atoms with E-state index >= 15 is 4.79 Å². The van der Waals surface area contributed by atoms with E-state index in [1.807, 2.05) is 83.1 Å². The van der Waals surface area contributed by atoms with E-state index in [4.69, 9.17) is 19.9 Å². The lowest BCUT2D eigenvalue weighted by Crippen LogP contribution is -2.64. The van der Waals surface area contributed by atoms with Gasteiger partial charge < -0.3 is 35.7 Å². The first-order valence-corrected chi connectivity index (χ1v) is 21.3. The monoisotopic (exact) mass is 814 g/mol. The first kappa shape index (κ1) is 47.1. The average molecular weight is 815 g/mol. The van der Waals surface area contributed by atoms with Gasteiger partial charge >= 0.3 is 6.09 Å². The van der Waals surface area contributed by atoms with Crippen molar-refractivity contribution >= 4 is 34.6 Å². The van der Waals surface area contributed by atoms with Crippen molar-refractivity contribution in [2.45, 2.75) is 130 Å². The van der Waals surface area contributed by atoms with Crippen LogP contribution in [0.25, 0.3) is 10.8 Å². The first-order valence-electron chi connectivity index (χ1n) is 21.3. The molecule has 0 spiro atoms. The molecule has 0 radical (unpaired) electrons.